The number of hydrogen-bond donors (Lipinski definition) is 2. The van der Waals surface area contributed by atoms with Gasteiger partial charge in [0.1, 0.15) is 11.5 Å². The molecule has 5 nitrogen and oxygen atoms in total. The minimum atomic E-state index is -0.163. The van der Waals surface area contributed by atoms with Crippen LogP contribution in [0, 0.1) is 0 Å². The van der Waals surface area contributed by atoms with Crippen molar-refractivity contribution in [3.63, 3.8) is 0 Å². The number of methoxy groups -OCH3 is 3. The van der Waals surface area contributed by atoms with Gasteiger partial charge in [-0.05, 0) is 17.7 Å². The lowest BCUT2D eigenvalue weighted by molar-refractivity contribution is 0.184. The third kappa shape index (κ3) is 4.18. The molecule has 0 heterocycles. The Balaban J connectivity index is 2.83. The molecule has 0 spiro atoms. The summed E-state index contributed by atoms with van der Waals surface area (Å²) in [4.78, 5) is 0. The number of nitrogens with one attached hydrogen (secondary N) is 1. The molecule has 0 bridgehead atoms. The maximum Gasteiger partial charge on any atom is 0.122 e. The van der Waals surface area contributed by atoms with E-state index in [9.17, 15) is 5.11 Å². The van der Waals surface area contributed by atoms with Crippen molar-refractivity contribution in [3.05, 3.63) is 23.8 Å². The van der Waals surface area contributed by atoms with E-state index in [-0.39, 0.29) is 12.6 Å². The highest BCUT2D eigenvalue weighted by Crippen LogP contribution is 2.26. The van der Waals surface area contributed by atoms with Crippen LogP contribution in [0.25, 0.3) is 0 Å². The Kier molecular flexibility index (Phi) is 6.49. The maximum atomic E-state index is 9.42. The molecular weight excluding hydrogens is 234 g/mol. The van der Waals surface area contributed by atoms with E-state index in [1.165, 1.54) is 0 Å². The predicted octanol–water partition coefficient (Wildman–Crippen LogP) is 0.973. The van der Waals surface area contributed by atoms with Gasteiger partial charge in [-0.1, -0.05) is 0 Å². The van der Waals surface area contributed by atoms with Gasteiger partial charge in [0.05, 0.1) is 33.5 Å². The zero-order chi connectivity index (χ0) is 13.4. The molecule has 0 aliphatic rings. The Morgan fingerprint density at radius 1 is 1.11 bits per heavy atom. The molecule has 1 aromatic carbocycles. The maximum absolute atomic E-state index is 9.42. The van der Waals surface area contributed by atoms with Crippen molar-refractivity contribution >= 4 is 0 Å². The minimum Gasteiger partial charge on any atom is -0.497 e. The lowest BCUT2D eigenvalue weighted by atomic mass is 10.1. The standard InChI is InChI=1S/C13H21NO4/c1-16-5-4-14-13(9-15)10-6-11(17-2)8-12(7-10)18-3/h6-8,13-15H,4-5,9H2,1-3H3. The average molecular weight is 255 g/mol. The molecule has 0 fully saturated rings. The molecule has 0 saturated heterocycles. The lowest BCUT2D eigenvalue weighted by Crippen LogP contribution is -2.27. The summed E-state index contributed by atoms with van der Waals surface area (Å²) in [6.07, 6.45) is 0. The zero-order valence-electron chi connectivity index (χ0n) is 11.1. The summed E-state index contributed by atoms with van der Waals surface area (Å²) in [6, 6.07) is 5.39. The molecule has 0 amide bonds. The van der Waals surface area contributed by atoms with Gasteiger partial charge >= 0.3 is 0 Å². The van der Waals surface area contributed by atoms with E-state index < -0.39 is 0 Å². The summed E-state index contributed by atoms with van der Waals surface area (Å²) in [5, 5.41) is 12.6. The number of rotatable bonds is 8. The van der Waals surface area contributed by atoms with Gasteiger partial charge in [-0.15, -0.1) is 0 Å². The van der Waals surface area contributed by atoms with Crippen LogP contribution in [0.4, 0.5) is 0 Å². The van der Waals surface area contributed by atoms with Gasteiger partial charge in [-0.3, -0.25) is 0 Å². The van der Waals surface area contributed by atoms with Crippen molar-refractivity contribution in [1.82, 2.24) is 5.32 Å². The second kappa shape index (κ2) is 7.92. The van der Waals surface area contributed by atoms with Gasteiger partial charge < -0.3 is 24.6 Å². The van der Waals surface area contributed by atoms with Gasteiger partial charge in [0.15, 0.2) is 0 Å². The topological polar surface area (TPSA) is 60.0 Å². The van der Waals surface area contributed by atoms with Crippen molar-refractivity contribution in [3.8, 4) is 11.5 Å². The van der Waals surface area contributed by atoms with E-state index in [4.69, 9.17) is 14.2 Å². The number of aliphatic hydroxyl groups is 1. The molecule has 1 rings (SSSR count). The second-order valence-corrected chi connectivity index (χ2v) is 3.83. The largest absolute Gasteiger partial charge is 0.497 e. The van der Waals surface area contributed by atoms with E-state index in [1.807, 2.05) is 12.1 Å². The van der Waals surface area contributed by atoms with E-state index in [0.29, 0.717) is 24.7 Å². The SMILES string of the molecule is COCCNC(CO)c1cc(OC)cc(OC)c1. The van der Waals surface area contributed by atoms with Crippen LogP contribution < -0.4 is 14.8 Å². The summed E-state index contributed by atoms with van der Waals surface area (Å²) in [7, 11) is 4.85. The van der Waals surface area contributed by atoms with Crippen LogP contribution in [-0.2, 0) is 4.74 Å². The Labute approximate surface area is 108 Å². The third-order valence-electron chi connectivity index (χ3n) is 2.66. The molecule has 1 unspecified atom stereocenters. The fraction of sp³-hybridized carbons (Fsp3) is 0.538. The zero-order valence-corrected chi connectivity index (χ0v) is 11.1. The van der Waals surface area contributed by atoms with Gasteiger partial charge in [0.25, 0.3) is 0 Å². The van der Waals surface area contributed by atoms with Crippen molar-refractivity contribution in [2.75, 3.05) is 41.1 Å². The van der Waals surface area contributed by atoms with Gasteiger partial charge in [-0.2, -0.15) is 0 Å². The Bertz CT molecular complexity index is 335. The van der Waals surface area contributed by atoms with Crippen LogP contribution in [0.2, 0.25) is 0 Å². The van der Waals surface area contributed by atoms with Crippen LogP contribution >= 0.6 is 0 Å². The molecule has 18 heavy (non-hydrogen) atoms. The number of benzene rings is 1. The van der Waals surface area contributed by atoms with Crippen LogP contribution in [0.3, 0.4) is 0 Å². The van der Waals surface area contributed by atoms with Crippen LogP contribution in [0.1, 0.15) is 11.6 Å². The Morgan fingerprint density at radius 2 is 1.72 bits per heavy atom. The Morgan fingerprint density at radius 3 is 2.17 bits per heavy atom. The summed E-state index contributed by atoms with van der Waals surface area (Å²) in [5.74, 6) is 1.41. The number of ether oxygens (including phenoxy) is 3. The first-order valence-corrected chi connectivity index (χ1v) is 5.81. The number of hydrogen-bond acceptors (Lipinski definition) is 5. The van der Waals surface area contributed by atoms with Crippen molar-refractivity contribution in [1.29, 1.82) is 0 Å². The van der Waals surface area contributed by atoms with Crippen molar-refractivity contribution < 1.29 is 19.3 Å². The molecule has 1 atom stereocenters. The molecular formula is C13H21NO4. The van der Waals surface area contributed by atoms with Crippen LogP contribution in [0.15, 0.2) is 18.2 Å². The summed E-state index contributed by atoms with van der Waals surface area (Å²) in [5.41, 5.74) is 0.921. The summed E-state index contributed by atoms with van der Waals surface area (Å²) >= 11 is 0. The van der Waals surface area contributed by atoms with E-state index in [0.717, 1.165) is 5.56 Å². The molecule has 0 aliphatic heterocycles. The fourth-order valence-corrected chi connectivity index (χ4v) is 1.65. The molecule has 0 radical (unpaired) electrons. The molecule has 0 saturated carbocycles. The van der Waals surface area contributed by atoms with E-state index in [2.05, 4.69) is 5.32 Å². The first kappa shape index (κ1) is 14.8. The highest BCUT2D eigenvalue weighted by molar-refractivity contribution is 5.39. The van der Waals surface area contributed by atoms with Gasteiger partial charge in [-0.25, -0.2) is 0 Å². The monoisotopic (exact) mass is 255 g/mol. The van der Waals surface area contributed by atoms with Crippen LogP contribution in [-0.4, -0.2) is 46.2 Å². The highest BCUT2D eigenvalue weighted by Gasteiger charge is 2.12. The molecule has 0 aliphatic carbocycles. The predicted molar refractivity (Wildman–Crippen MR) is 69.3 cm³/mol. The smallest absolute Gasteiger partial charge is 0.122 e. The normalized spacial score (nSPS) is 12.2. The van der Waals surface area contributed by atoms with E-state index >= 15 is 0 Å². The molecule has 1 aromatic rings. The molecule has 2 N–H and O–H groups in total. The quantitative estimate of drug-likeness (QED) is 0.678. The summed E-state index contributed by atoms with van der Waals surface area (Å²) in [6.45, 7) is 1.26. The van der Waals surface area contributed by atoms with E-state index in [1.54, 1.807) is 27.4 Å². The second-order valence-electron chi connectivity index (χ2n) is 3.83. The van der Waals surface area contributed by atoms with Crippen LogP contribution in [0.5, 0.6) is 11.5 Å². The van der Waals surface area contributed by atoms with Crippen molar-refractivity contribution in [2.45, 2.75) is 6.04 Å². The molecule has 5 heteroatoms. The first-order chi connectivity index (χ1) is 8.74. The van der Waals surface area contributed by atoms with Gasteiger partial charge in [0.2, 0.25) is 0 Å². The van der Waals surface area contributed by atoms with Crippen molar-refractivity contribution in [2.24, 2.45) is 0 Å². The Hall–Kier alpha value is -1.30. The minimum absolute atomic E-state index is 0.0000359. The first-order valence-electron chi connectivity index (χ1n) is 5.81. The average Bonchev–Trinajstić information content (AvgIpc) is 2.43. The summed E-state index contributed by atoms with van der Waals surface area (Å²) < 4.78 is 15.4. The molecule has 0 aromatic heterocycles. The third-order valence-corrected chi connectivity index (χ3v) is 2.66. The van der Waals surface area contributed by atoms with Gasteiger partial charge in [0, 0.05) is 19.7 Å². The fourth-order valence-electron chi connectivity index (χ4n) is 1.65. The molecule has 102 valence electrons. The number of aliphatic hydroxyl groups excluding tert-OH is 1. The highest BCUT2D eigenvalue weighted by atomic mass is 16.5. The lowest BCUT2D eigenvalue weighted by Gasteiger charge is -2.18.